The zero-order valence-electron chi connectivity index (χ0n) is 11.3. The van der Waals surface area contributed by atoms with Crippen LogP contribution < -0.4 is 5.32 Å². The Morgan fingerprint density at radius 1 is 1.42 bits per heavy atom. The Bertz CT molecular complexity index is 513. The Balaban J connectivity index is 2.09. The van der Waals surface area contributed by atoms with E-state index in [4.69, 9.17) is 4.74 Å². The van der Waals surface area contributed by atoms with Gasteiger partial charge in [-0.05, 0) is 30.9 Å². The lowest BCUT2D eigenvalue weighted by molar-refractivity contribution is 0.197. The molecule has 2 rings (SSSR count). The molecule has 0 aliphatic heterocycles. The number of hydrogen-bond donors (Lipinski definition) is 1. The van der Waals surface area contributed by atoms with Crippen molar-refractivity contribution >= 4 is 17.7 Å². The maximum absolute atomic E-state index is 5.04. The van der Waals surface area contributed by atoms with Crippen LogP contribution in [0.5, 0.6) is 0 Å². The van der Waals surface area contributed by atoms with E-state index in [1.807, 2.05) is 12.4 Å². The van der Waals surface area contributed by atoms with E-state index in [1.54, 1.807) is 18.9 Å². The summed E-state index contributed by atoms with van der Waals surface area (Å²) in [6.45, 7) is 1.61. The number of ether oxygens (including phenoxy) is 1. The van der Waals surface area contributed by atoms with Gasteiger partial charge in [0.1, 0.15) is 0 Å². The molecule has 0 aliphatic rings. The standard InChI is InChI=1S/C14H19N3OS/c1-18-10-4-7-15-14-16-8-9-17(14)12-5-3-6-13(11-12)19-2/h3,5-6,8-9,11H,4,7,10H2,1-2H3,(H,15,16). The first-order valence-electron chi connectivity index (χ1n) is 6.25. The van der Waals surface area contributed by atoms with E-state index >= 15 is 0 Å². The van der Waals surface area contributed by atoms with Gasteiger partial charge in [-0.3, -0.25) is 4.57 Å². The zero-order chi connectivity index (χ0) is 13.5. The molecule has 2 aromatic rings. The smallest absolute Gasteiger partial charge is 0.207 e. The van der Waals surface area contributed by atoms with Gasteiger partial charge in [-0.1, -0.05) is 6.07 Å². The lowest BCUT2D eigenvalue weighted by atomic mass is 10.3. The van der Waals surface area contributed by atoms with Gasteiger partial charge in [-0.25, -0.2) is 4.98 Å². The summed E-state index contributed by atoms with van der Waals surface area (Å²) in [5.41, 5.74) is 1.12. The SMILES string of the molecule is COCCCNc1nccn1-c1cccc(SC)c1. The van der Waals surface area contributed by atoms with E-state index in [0.717, 1.165) is 31.2 Å². The lowest BCUT2D eigenvalue weighted by Gasteiger charge is -2.10. The fourth-order valence-corrected chi connectivity index (χ4v) is 2.27. The van der Waals surface area contributed by atoms with Crippen molar-refractivity contribution in [3.63, 3.8) is 0 Å². The summed E-state index contributed by atoms with van der Waals surface area (Å²) in [5, 5.41) is 3.33. The quantitative estimate of drug-likeness (QED) is 0.623. The Morgan fingerprint density at radius 3 is 3.11 bits per heavy atom. The van der Waals surface area contributed by atoms with Gasteiger partial charge >= 0.3 is 0 Å². The first-order chi connectivity index (χ1) is 9.35. The highest BCUT2D eigenvalue weighted by atomic mass is 32.2. The predicted octanol–water partition coefficient (Wildman–Crippen LogP) is 3.04. The minimum Gasteiger partial charge on any atom is -0.385 e. The first kappa shape index (κ1) is 14.0. The van der Waals surface area contributed by atoms with Crippen LogP contribution >= 0.6 is 11.8 Å². The van der Waals surface area contributed by atoms with Crippen molar-refractivity contribution in [2.45, 2.75) is 11.3 Å². The Labute approximate surface area is 118 Å². The normalized spacial score (nSPS) is 10.6. The summed E-state index contributed by atoms with van der Waals surface area (Å²) in [5.74, 6) is 0.870. The van der Waals surface area contributed by atoms with Gasteiger partial charge in [-0.2, -0.15) is 0 Å². The van der Waals surface area contributed by atoms with E-state index in [1.165, 1.54) is 4.90 Å². The minimum atomic E-state index is 0.760. The number of nitrogens with zero attached hydrogens (tertiary/aromatic N) is 2. The van der Waals surface area contributed by atoms with Crippen LogP contribution in [0.25, 0.3) is 5.69 Å². The van der Waals surface area contributed by atoms with Crippen molar-refractivity contribution in [1.82, 2.24) is 9.55 Å². The second-order valence-electron chi connectivity index (χ2n) is 4.10. The number of imidazole rings is 1. The van der Waals surface area contributed by atoms with Gasteiger partial charge in [0.25, 0.3) is 0 Å². The number of methoxy groups -OCH3 is 1. The average molecular weight is 277 g/mol. The number of rotatable bonds is 7. The molecule has 0 spiro atoms. The molecule has 19 heavy (non-hydrogen) atoms. The number of benzene rings is 1. The highest BCUT2D eigenvalue weighted by Gasteiger charge is 2.04. The summed E-state index contributed by atoms with van der Waals surface area (Å²) in [6.07, 6.45) is 6.83. The van der Waals surface area contributed by atoms with Crippen molar-refractivity contribution in [3.05, 3.63) is 36.7 Å². The number of hydrogen-bond acceptors (Lipinski definition) is 4. The van der Waals surface area contributed by atoms with Crippen LogP contribution in [0.2, 0.25) is 0 Å². The van der Waals surface area contributed by atoms with Crippen LogP contribution in [0.15, 0.2) is 41.6 Å². The summed E-state index contributed by atoms with van der Waals surface area (Å²) in [6, 6.07) is 8.42. The van der Waals surface area contributed by atoms with Gasteiger partial charge in [-0.15, -0.1) is 11.8 Å². The van der Waals surface area contributed by atoms with Crippen LogP contribution in [-0.4, -0.2) is 36.1 Å². The molecule has 0 aliphatic carbocycles. The molecule has 5 heteroatoms. The van der Waals surface area contributed by atoms with Crippen LogP contribution in [-0.2, 0) is 4.74 Å². The van der Waals surface area contributed by atoms with E-state index in [-0.39, 0.29) is 0 Å². The number of thioether (sulfide) groups is 1. The van der Waals surface area contributed by atoms with E-state index < -0.39 is 0 Å². The van der Waals surface area contributed by atoms with Gasteiger partial charge < -0.3 is 10.1 Å². The molecule has 0 bridgehead atoms. The predicted molar refractivity (Wildman–Crippen MR) is 80.3 cm³/mol. The minimum absolute atomic E-state index is 0.760. The van der Waals surface area contributed by atoms with Crippen LogP contribution in [0, 0.1) is 0 Å². The molecule has 4 nitrogen and oxygen atoms in total. The van der Waals surface area contributed by atoms with Crippen molar-refractivity contribution in [3.8, 4) is 5.69 Å². The Kier molecular flexibility index (Phi) is 5.30. The molecule has 102 valence electrons. The molecule has 1 aromatic heterocycles. The van der Waals surface area contributed by atoms with E-state index in [9.17, 15) is 0 Å². The lowest BCUT2D eigenvalue weighted by Crippen LogP contribution is -2.09. The van der Waals surface area contributed by atoms with Gasteiger partial charge in [0.2, 0.25) is 5.95 Å². The van der Waals surface area contributed by atoms with Gasteiger partial charge in [0, 0.05) is 43.2 Å². The molecule has 1 heterocycles. The van der Waals surface area contributed by atoms with Crippen molar-refractivity contribution in [2.75, 3.05) is 31.8 Å². The fraction of sp³-hybridized carbons (Fsp3) is 0.357. The van der Waals surface area contributed by atoms with Gasteiger partial charge in [0.15, 0.2) is 0 Å². The van der Waals surface area contributed by atoms with E-state index in [2.05, 4.69) is 45.4 Å². The molecular formula is C14H19N3OS. The highest BCUT2D eigenvalue weighted by Crippen LogP contribution is 2.20. The molecule has 0 atom stereocenters. The Hall–Kier alpha value is -1.46. The maximum atomic E-state index is 5.04. The summed E-state index contributed by atoms with van der Waals surface area (Å²) in [4.78, 5) is 5.60. The van der Waals surface area contributed by atoms with Gasteiger partial charge in [0.05, 0.1) is 0 Å². The first-order valence-corrected chi connectivity index (χ1v) is 7.48. The third-order valence-corrected chi connectivity index (χ3v) is 3.51. The Morgan fingerprint density at radius 2 is 2.32 bits per heavy atom. The average Bonchev–Trinajstić information content (AvgIpc) is 2.92. The summed E-state index contributed by atoms with van der Waals surface area (Å²) in [7, 11) is 1.72. The van der Waals surface area contributed by atoms with Crippen molar-refractivity contribution in [2.24, 2.45) is 0 Å². The van der Waals surface area contributed by atoms with Crippen molar-refractivity contribution in [1.29, 1.82) is 0 Å². The largest absolute Gasteiger partial charge is 0.385 e. The molecule has 0 saturated heterocycles. The second kappa shape index (κ2) is 7.21. The van der Waals surface area contributed by atoms with Crippen LogP contribution in [0.1, 0.15) is 6.42 Å². The molecule has 1 N–H and O–H groups in total. The van der Waals surface area contributed by atoms with Crippen LogP contribution in [0.3, 0.4) is 0 Å². The summed E-state index contributed by atoms with van der Waals surface area (Å²) >= 11 is 1.74. The molecule has 0 radical (unpaired) electrons. The topological polar surface area (TPSA) is 39.1 Å². The number of aromatic nitrogens is 2. The number of anilines is 1. The van der Waals surface area contributed by atoms with Crippen molar-refractivity contribution < 1.29 is 4.74 Å². The third kappa shape index (κ3) is 3.75. The fourth-order valence-electron chi connectivity index (χ4n) is 1.82. The third-order valence-electron chi connectivity index (χ3n) is 2.78. The molecule has 1 aromatic carbocycles. The van der Waals surface area contributed by atoms with E-state index in [0.29, 0.717) is 0 Å². The maximum Gasteiger partial charge on any atom is 0.207 e. The molecule has 0 unspecified atom stereocenters. The molecular weight excluding hydrogens is 258 g/mol. The molecule has 0 saturated carbocycles. The van der Waals surface area contributed by atoms with Crippen LogP contribution in [0.4, 0.5) is 5.95 Å². The molecule has 0 fully saturated rings. The monoisotopic (exact) mass is 277 g/mol. The molecule has 0 amide bonds. The zero-order valence-corrected chi connectivity index (χ0v) is 12.1. The number of nitrogens with one attached hydrogen (secondary N) is 1. The second-order valence-corrected chi connectivity index (χ2v) is 4.98. The highest BCUT2D eigenvalue weighted by molar-refractivity contribution is 7.98. The summed E-state index contributed by atoms with van der Waals surface area (Å²) < 4.78 is 7.10.